The van der Waals surface area contributed by atoms with Crippen molar-refractivity contribution in [1.82, 2.24) is 0 Å². The van der Waals surface area contributed by atoms with Crippen LogP contribution in [0.1, 0.15) is 82.6 Å². The number of hydrogen-bond donors (Lipinski definition) is 1. The molecule has 0 saturated heterocycles. The second kappa shape index (κ2) is 14.6. The third-order valence-electron chi connectivity index (χ3n) is 8.57. The summed E-state index contributed by atoms with van der Waals surface area (Å²) >= 11 is 2.24. The number of rotatable bonds is 13. The number of hydrogen-bond acceptors (Lipinski definition) is 3. The van der Waals surface area contributed by atoms with E-state index >= 15 is 0 Å². The van der Waals surface area contributed by atoms with Crippen LogP contribution in [0.15, 0.2) is 33.5 Å². The standard InChI is InChI=1S/C30H59IO3Si2/c1-22(16-18-31)20-24(3)27(32)26(5)28(34-36(14,15)30(9,10)11)25(4)21-23(2)17-19-33-35(12,13)29(6,7)8/h16-18,20,24-28,32H,19,21H2,1-15H3/b18-16+,22-20+,23-17+/t24-,25+,26-,27-,28-/m1/s1. The van der Waals surface area contributed by atoms with E-state index in [0.717, 1.165) is 6.42 Å². The summed E-state index contributed by atoms with van der Waals surface area (Å²) in [5.41, 5.74) is 2.52. The molecule has 0 fully saturated rings. The van der Waals surface area contributed by atoms with Crippen LogP contribution >= 0.6 is 22.6 Å². The van der Waals surface area contributed by atoms with Crippen LogP contribution in [0.3, 0.4) is 0 Å². The molecule has 0 unspecified atom stereocenters. The topological polar surface area (TPSA) is 38.7 Å². The second-order valence-electron chi connectivity index (χ2n) is 14.1. The Bertz CT molecular complexity index is 757. The number of halogens is 1. The molecule has 0 radical (unpaired) electrons. The summed E-state index contributed by atoms with van der Waals surface area (Å²) in [5, 5.41) is 11.7. The Morgan fingerprint density at radius 1 is 0.917 bits per heavy atom. The van der Waals surface area contributed by atoms with Gasteiger partial charge in [0.2, 0.25) is 0 Å². The van der Waals surface area contributed by atoms with Gasteiger partial charge < -0.3 is 14.0 Å². The number of allylic oxidation sites excluding steroid dienone is 3. The molecule has 0 bridgehead atoms. The van der Waals surface area contributed by atoms with E-state index in [1.165, 1.54) is 11.1 Å². The van der Waals surface area contributed by atoms with E-state index in [9.17, 15) is 5.11 Å². The molecule has 0 aromatic heterocycles. The first-order valence-electron chi connectivity index (χ1n) is 13.7. The van der Waals surface area contributed by atoms with Crippen LogP contribution in [0.4, 0.5) is 0 Å². The van der Waals surface area contributed by atoms with Gasteiger partial charge in [0.05, 0.1) is 18.8 Å². The highest BCUT2D eigenvalue weighted by atomic mass is 127. The van der Waals surface area contributed by atoms with Gasteiger partial charge in [0, 0.05) is 11.8 Å². The molecule has 5 atom stereocenters. The molecule has 212 valence electrons. The first-order valence-corrected chi connectivity index (χ1v) is 20.7. The van der Waals surface area contributed by atoms with E-state index in [4.69, 9.17) is 8.85 Å². The molecule has 0 aliphatic heterocycles. The molecule has 36 heavy (non-hydrogen) atoms. The van der Waals surface area contributed by atoms with Crippen molar-refractivity contribution < 1.29 is 14.0 Å². The maximum atomic E-state index is 11.4. The van der Waals surface area contributed by atoms with Crippen molar-refractivity contribution in [1.29, 1.82) is 0 Å². The van der Waals surface area contributed by atoms with Gasteiger partial charge in [-0.05, 0) is 66.5 Å². The summed E-state index contributed by atoms with van der Waals surface area (Å²) in [5.74, 6) is 0.368. The van der Waals surface area contributed by atoms with Gasteiger partial charge in [0.15, 0.2) is 16.6 Å². The lowest BCUT2D eigenvalue weighted by molar-refractivity contribution is -0.0134. The average molecular weight is 651 g/mol. The molecular formula is C30H59IO3Si2. The van der Waals surface area contributed by atoms with E-state index in [1.54, 1.807) is 0 Å². The predicted octanol–water partition coefficient (Wildman–Crippen LogP) is 9.90. The summed E-state index contributed by atoms with van der Waals surface area (Å²) in [6, 6.07) is 0. The fourth-order valence-corrected chi connectivity index (χ4v) is 6.90. The van der Waals surface area contributed by atoms with Crippen molar-refractivity contribution in [2.24, 2.45) is 17.8 Å². The first kappa shape index (κ1) is 36.3. The van der Waals surface area contributed by atoms with Gasteiger partial charge in [0.25, 0.3) is 0 Å². The zero-order valence-electron chi connectivity index (χ0n) is 26.3. The van der Waals surface area contributed by atoms with Crippen molar-refractivity contribution in [3.63, 3.8) is 0 Å². The maximum absolute atomic E-state index is 11.4. The van der Waals surface area contributed by atoms with E-state index in [2.05, 4.69) is 143 Å². The van der Waals surface area contributed by atoms with Crippen LogP contribution in [0.2, 0.25) is 36.3 Å². The number of aliphatic hydroxyl groups is 1. The Hall–Kier alpha value is 0.264. The van der Waals surface area contributed by atoms with Crippen molar-refractivity contribution in [3.05, 3.63) is 33.5 Å². The fraction of sp³-hybridized carbons (Fsp3) is 0.800. The highest BCUT2D eigenvalue weighted by Crippen LogP contribution is 2.41. The van der Waals surface area contributed by atoms with Crippen LogP contribution < -0.4 is 0 Å². The summed E-state index contributed by atoms with van der Waals surface area (Å²) in [4.78, 5) is 0. The lowest BCUT2D eigenvalue weighted by Crippen LogP contribution is -2.49. The van der Waals surface area contributed by atoms with Gasteiger partial charge in [-0.3, -0.25) is 0 Å². The Morgan fingerprint density at radius 3 is 1.86 bits per heavy atom. The average Bonchev–Trinajstić information content (AvgIpc) is 2.69. The van der Waals surface area contributed by atoms with Crippen LogP contribution in [0.5, 0.6) is 0 Å². The van der Waals surface area contributed by atoms with Crippen LogP contribution in [-0.2, 0) is 8.85 Å². The summed E-state index contributed by atoms with van der Waals surface area (Å²) in [7, 11) is -3.78. The zero-order chi connectivity index (χ0) is 28.7. The largest absolute Gasteiger partial charge is 0.413 e. The highest BCUT2D eigenvalue weighted by molar-refractivity contribution is 14.1. The van der Waals surface area contributed by atoms with Gasteiger partial charge >= 0.3 is 0 Å². The molecule has 0 heterocycles. The quantitative estimate of drug-likeness (QED) is 0.0934. The molecule has 0 saturated carbocycles. The smallest absolute Gasteiger partial charge is 0.192 e. The highest BCUT2D eigenvalue weighted by Gasteiger charge is 2.43. The second-order valence-corrected chi connectivity index (χ2v) is 24.3. The molecule has 3 nitrogen and oxygen atoms in total. The van der Waals surface area contributed by atoms with Crippen LogP contribution in [0, 0.1) is 17.8 Å². The Labute approximate surface area is 241 Å². The predicted molar refractivity (Wildman–Crippen MR) is 174 cm³/mol. The third-order valence-corrected chi connectivity index (χ3v) is 17.9. The molecule has 0 aliphatic carbocycles. The summed E-state index contributed by atoms with van der Waals surface area (Å²) in [6.07, 6.45) is 6.98. The van der Waals surface area contributed by atoms with Gasteiger partial charge in [-0.1, -0.05) is 114 Å². The Balaban J connectivity index is 5.80. The van der Waals surface area contributed by atoms with Crippen LogP contribution in [-0.4, -0.2) is 40.6 Å². The molecule has 0 rings (SSSR count). The monoisotopic (exact) mass is 650 g/mol. The molecule has 0 spiro atoms. The maximum Gasteiger partial charge on any atom is 0.192 e. The van der Waals surface area contributed by atoms with E-state index < -0.39 is 22.7 Å². The molecule has 0 aromatic rings. The molecule has 0 amide bonds. The molecule has 6 heteroatoms. The summed E-state index contributed by atoms with van der Waals surface area (Å²) in [6.45, 7) is 34.5. The molecule has 1 N–H and O–H groups in total. The Kier molecular flexibility index (Phi) is 14.7. The van der Waals surface area contributed by atoms with Gasteiger partial charge in [-0.25, -0.2) is 0 Å². The van der Waals surface area contributed by atoms with Gasteiger partial charge in [-0.2, -0.15) is 0 Å². The lowest BCUT2D eigenvalue weighted by Gasteiger charge is -2.44. The van der Waals surface area contributed by atoms with Crippen molar-refractivity contribution in [2.45, 2.75) is 131 Å². The third kappa shape index (κ3) is 11.6. The van der Waals surface area contributed by atoms with E-state index in [0.29, 0.717) is 12.5 Å². The zero-order valence-corrected chi connectivity index (χ0v) is 30.4. The number of aliphatic hydroxyl groups excluding tert-OH is 1. The molecular weight excluding hydrogens is 591 g/mol. The summed E-state index contributed by atoms with van der Waals surface area (Å²) < 4.78 is 15.5. The van der Waals surface area contributed by atoms with E-state index in [-0.39, 0.29) is 28.0 Å². The Morgan fingerprint density at radius 2 is 1.42 bits per heavy atom. The normalized spacial score (nSPS) is 19.4. The molecule has 0 aliphatic rings. The van der Waals surface area contributed by atoms with Crippen molar-refractivity contribution >= 4 is 39.2 Å². The minimum atomic E-state index is -2.02. The minimum absolute atomic E-state index is 0.0122. The first-order chi connectivity index (χ1) is 16.1. The fourth-order valence-electron chi connectivity index (χ4n) is 3.92. The van der Waals surface area contributed by atoms with Crippen LogP contribution in [0.25, 0.3) is 0 Å². The SMILES string of the molecule is CC(/C=C/I)=C\[C@@H](C)[C@@H](O)[C@@H](C)[C@H](O[Si](C)(C)C(C)(C)C)[C@@H](C)C/C(C)=C/CO[Si](C)(C)C(C)(C)C. The molecule has 0 aromatic carbocycles. The van der Waals surface area contributed by atoms with Gasteiger partial charge in [0.1, 0.15) is 0 Å². The van der Waals surface area contributed by atoms with E-state index in [1.807, 2.05) is 4.08 Å². The van der Waals surface area contributed by atoms with Crippen molar-refractivity contribution in [2.75, 3.05) is 6.61 Å². The lowest BCUT2D eigenvalue weighted by atomic mass is 9.81. The minimum Gasteiger partial charge on any atom is -0.413 e. The van der Waals surface area contributed by atoms with Crippen molar-refractivity contribution in [3.8, 4) is 0 Å². The van der Waals surface area contributed by atoms with Gasteiger partial charge in [-0.15, -0.1) is 0 Å².